The number of nitrogens with zero attached hydrogens (tertiary/aromatic N) is 1. The van der Waals surface area contributed by atoms with Crippen LogP contribution in [0.25, 0.3) is 0 Å². The van der Waals surface area contributed by atoms with Crippen molar-refractivity contribution >= 4 is 28.1 Å². The van der Waals surface area contributed by atoms with Crippen LogP contribution in [0.2, 0.25) is 0 Å². The summed E-state index contributed by atoms with van der Waals surface area (Å²) in [5.41, 5.74) is 1.62. The number of halogens is 3. The number of anilines is 2. The summed E-state index contributed by atoms with van der Waals surface area (Å²) in [6, 6.07) is 11.8. The van der Waals surface area contributed by atoms with Crippen LogP contribution >= 0.6 is 11.3 Å². The number of hydrogen-bond donors (Lipinski definition) is 2. The summed E-state index contributed by atoms with van der Waals surface area (Å²) in [6.45, 7) is -2.62. The third-order valence-corrected chi connectivity index (χ3v) is 4.19. The first-order valence-electron chi connectivity index (χ1n) is 7.79. The number of nitrogens with one attached hydrogen (secondary N) is 2. The van der Waals surface area contributed by atoms with Gasteiger partial charge < -0.3 is 15.4 Å². The van der Waals surface area contributed by atoms with Crippen molar-refractivity contribution in [2.24, 2.45) is 0 Å². The number of ether oxygens (including phenoxy) is 1. The Hall–Kier alpha value is -3.07. The number of alkyl halides is 2. The highest BCUT2D eigenvalue weighted by Gasteiger charge is 2.11. The zero-order chi connectivity index (χ0) is 19.2. The van der Waals surface area contributed by atoms with Gasteiger partial charge in [-0.3, -0.25) is 4.79 Å². The van der Waals surface area contributed by atoms with E-state index in [4.69, 9.17) is 0 Å². The molecule has 3 rings (SSSR count). The third kappa shape index (κ3) is 5.45. The van der Waals surface area contributed by atoms with Crippen molar-refractivity contribution in [3.05, 3.63) is 71.0 Å². The normalized spacial score (nSPS) is 10.7. The Morgan fingerprint density at radius 1 is 1.11 bits per heavy atom. The van der Waals surface area contributed by atoms with Gasteiger partial charge in [-0.1, -0.05) is 12.1 Å². The van der Waals surface area contributed by atoms with E-state index in [9.17, 15) is 18.0 Å². The molecule has 3 aromatic rings. The number of hydrogen-bond acceptors (Lipinski definition) is 5. The molecule has 0 aliphatic heterocycles. The molecule has 0 aliphatic rings. The minimum absolute atomic E-state index is 0.0514. The van der Waals surface area contributed by atoms with E-state index < -0.39 is 6.61 Å². The van der Waals surface area contributed by atoms with Crippen LogP contribution in [-0.2, 0) is 6.54 Å². The van der Waals surface area contributed by atoms with Gasteiger partial charge in [0.1, 0.15) is 17.3 Å². The smallest absolute Gasteiger partial charge is 0.387 e. The van der Waals surface area contributed by atoms with Crippen molar-refractivity contribution in [2.75, 3.05) is 5.32 Å². The van der Waals surface area contributed by atoms with Gasteiger partial charge >= 0.3 is 6.61 Å². The summed E-state index contributed by atoms with van der Waals surface area (Å²) in [5.74, 6) is -0.644. The predicted octanol–water partition coefficient (Wildman–Crippen LogP) is 4.56. The molecule has 0 saturated heterocycles. The molecule has 27 heavy (non-hydrogen) atoms. The van der Waals surface area contributed by atoms with Crippen LogP contribution in [0.3, 0.4) is 0 Å². The predicted molar refractivity (Wildman–Crippen MR) is 96.0 cm³/mol. The Labute approximate surface area is 156 Å². The lowest BCUT2D eigenvalue weighted by atomic mass is 10.2. The van der Waals surface area contributed by atoms with E-state index in [1.165, 1.54) is 35.6 Å². The molecule has 1 heterocycles. The maximum absolute atomic E-state index is 12.9. The number of carbonyl (C=O) groups is 1. The van der Waals surface area contributed by atoms with Crippen molar-refractivity contribution in [3.8, 4) is 5.75 Å². The highest BCUT2D eigenvalue weighted by molar-refractivity contribution is 7.14. The van der Waals surface area contributed by atoms with Crippen LogP contribution < -0.4 is 15.4 Å². The van der Waals surface area contributed by atoms with Gasteiger partial charge in [0.15, 0.2) is 5.13 Å². The topological polar surface area (TPSA) is 63.2 Å². The third-order valence-electron chi connectivity index (χ3n) is 3.43. The van der Waals surface area contributed by atoms with E-state index in [1.807, 2.05) is 0 Å². The fourth-order valence-corrected chi connectivity index (χ4v) is 2.86. The Balaban J connectivity index is 1.55. The van der Waals surface area contributed by atoms with Crippen molar-refractivity contribution in [1.29, 1.82) is 0 Å². The summed E-state index contributed by atoms with van der Waals surface area (Å²) in [7, 11) is 0. The van der Waals surface area contributed by atoms with Gasteiger partial charge in [0.05, 0.1) is 0 Å². The van der Waals surface area contributed by atoms with Crippen LogP contribution in [0.1, 0.15) is 16.1 Å². The van der Waals surface area contributed by atoms with Gasteiger partial charge in [-0.15, -0.1) is 11.3 Å². The Morgan fingerprint density at radius 3 is 2.48 bits per heavy atom. The standard InChI is InChI=1S/C18H14F3N3O2S/c19-12-3-1-11(2-4-12)9-22-16(25)15-10-27-18(24-15)23-13-5-7-14(8-6-13)26-17(20)21/h1-8,10,17H,9H2,(H,22,25)(H,23,24). The van der Waals surface area contributed by atoms with Crippen LogP contribution in [0.15, 0.2) is 53.9 Å². The summed E-state index contributed by atoms with van der Waals surface area (Å²) in [5, 5.41) is 7.76. The second-order valence-electron chi connectivity index (χ2n) is 5.37. The summed E-state index contributed by atoms with van der Waals surface area (Å²) < 4.78 is 41.4. The molecular formula is C18H14F3N3O2S. The molecule has 0 atom stereocenters. The number of rotatable bonds is 7. The van der Waals surface area contributed by atoms with E-state index in [0.29, 0.717) is 10.8 Å². The van der Waals surface area contributed by atoms with Gasteiger partial charge in [-0.2, -0.15) is 8.78 Å². The highest BCUT2D eigenvalue weighted by atomic mass is 32.1. The lowest BCUT2D eigenvalue weighted by Gasteiger charge is -2.06. The van der Waals surface area contributed by atoms with Gasteiger partial charge in [0.25, 0.3) is 5.91 Å². The number of carbonyl (C=O) groups excluding carboxylic acids is 1. The summed E-state index contributed by atoms with van der Waals surface area (Å²) >= 11 is 1.23. The molecule has 140 valence electrons. The van der Waals surface area contributed by atoms with Crippen molar-refractivity contribution in [3.63, 3.8) is 0 Å². The average Bonchev–Trinajstić information content (AvgIpc) is 3.11. The van der Waals surface area contributed by atoms with E-state index in [1.54, 1.807) is 29.6 Å². The van der Waals surface area contributed by atoms with E-state index in [0.717, 1.165) is 5.56 Å². The largest absolute Gasteiger partial charge is 0.435 e. The summed E-state index contributed by atoms with van der Waals surface area (Å²) in [6.07, 6.45) is 0. The lowest BCUT2D eigenvalue weighted by Crippen LogP contribution is -2.23. The van der Waals surface area contributed by atoms with Gasteiger partial charge in [0, 0.05) is 17.6 Å². The quantitative estimate of drug-likeness (QED) is 0.618. The van der Waals surface area contributed by atoms with Gasteiger partial charge in [-0.25, -0.2) is 9.37 Å². The van der Waals surface area contributed by atoms with E-state index >= 15 is 0 Å². The fraction of sp³-hybridized carbons (Fsp3) is 0.111. The molecule has 0 radical (unpaired) electrons. The fourth-order valence-electron chi connectivity index (χ4n) is 2.15. The second-order valence-corrected chi connectivity index (χ2v) is 6.23. The van der Waals surface area contributed by atoms with Crippen molar-refractivity contribution in [2.45, 2.75) is 13.2 Å². The first-order valence-corrected chi connectivity index (χ1v) is 8.67. The van der Waals surface area contributed by atoms with Crippen molar-refractivity contribution < 1.29 is 22.7 Å². The highest BCUT2D eigenvalue weighted by Crippen LogP contribution is 2.23. The molecule has 2 N–H and O–H groups in total. The van der Waals surface area contributed by atoms with Gasteiger partial charge in [-0.05, 0) is 42.0 Å². The zero-order valence-corrected chi connectivity index (χ0v) is 14.6. The maximum Gasteiger partial charge on any atom is 0.387 e. The molecule has 0 fully saturated rings. The van der Waals surface area contributed by atoms with Gasteiger partial charge in [0.2, 0.25) is 0 Å². The van der Waals surface area contributed by atoms with Crippen LogP contribution in [0.4, 0.5) is 24.0 Å². The molecule has 0 spiro atoms. The number of thiazole rings is 1. The number of aromatic nitrogens is 1. The maximum atomic E-state index is 12.9. The Bertz CT molecular complexity index is 899. The molecule has 0 saturated carbocycles. The molecular weight excluding hydrogens is 379 g/mol. The molecule has 0 aliphatic carbocycles. The minimum Gasteiger partial charge on any atom is -0.435 e. The average molecular weight is 393 g/mol. The molecule has 0 bridgehead atoms. The lowest BCUT2D eigenvalue weighted by molar-refractivity contribution is -0.0498. The minimum atomic E-state index is -2.88. The summed E-state index contributed by atoms with van der Waals surface area (Å²) in [4.78, 5) is 16.3. The Kier molecular flexibility index (Phi) is 5.92. The van der Waals surface area contributed by atoms with E-state index in [-0.39, 0.29) is 29.7 Å². The van der Waals surface area contributed by atoms with Crippen LogP contribution in [0.5, 0.6) is 5.75 Å². The zero-order valence-electron chi connectivity index (χ0n) is 13.8. The molecule has 0 unspecified atom stereocenters. The SMILES string of the molecule is O=C(NCc1ccc(F)cc1)c1csc(Nc2ccc(OC(F)F)cc2)n1. The monoisotopic (exact) mass is 393 g/mol. The van der Waals surface area contributed by atoms with Crippen molar-refractivity contribution in [1.82, 2.24) is 10.3 Å². The molecule has 9 heteroatoms. The first-order chi connectivity index (χ1) is 13.0. The number of amides is 1. The number of benzene rings is 2. The van der Waals surface area contributed by atoms with Crippen LogP contribution in [0, 0.1) is 5.82 Å². The van der Waals surface area contributed by atoms with Crippen LogP contribution in [-0.4, -0.2) is 17.5 Å². The molecule has 2 aromatic carbocycles. The van der Waals surface area contributed by atoms with E-state index in [2.05, 4.69) is 20.4 Å². The first kappa shape index (κ1) is 18.7. The molecule has 5 nitrogen and oxygen atoms in total. The second kappa shape index (κ2) is 8.54. The molecule has 1 amide bonds. The molecule has 1 aromatic heterocycles. The Morgan fingerprint density at radius 2 is 1.81 bits per heavy atom.